The first-order valence-electron chi connectivity index (χ1n) is 5.13. The van der Waals surface area contributed by atoms with Gasteiger partial charge in [-0.3, -0.25) is 9.48 Å². The minimum Gasteiger partial charge on any atom is -1.00 e. The van der Waals surface area contributed by atoms with Crippen molar-refractivity contribution in [3.8, 4) is 0 Å². The van der Waals surface area contributed by atoms with Gasteiger partial charge >= 0.3 is 5.96 Å². The van der Waals surface area contributed by atoms with Crippen molar-refractivity contribution in [3.05, 3.63) is 24.3 Å². The molecule has 0 spiro atoms. The molecule has 1 aromatic carbocycles. The Balaban J connectivity index is 0.00000144. The summed E-state index contributed by atoms with van der Waals surface area (Å²) in [5, 5.41) is 8.33. The number of fused-ring (bicyclic) bond motifs is 1. The van der Waals surface area contributed by atoms with Gasteiger partial charge in [-0.05, 0) is 12.1 Å². The second kappa shape index (κ2) is 5.14. The van der Waals surface area contributed by atoms with E-state index in [9.17, 15) is 0 Å². The van der Waals surface area contributed by atoms with Gasteiger partial charge in [-0.25, -0.2) is 0 Å². The third-order valence-corrected chi connectivity index (χ3v) is 2.34. The third-order valence-electron chi connectivity index (χ3n) is 2.34. The summed E-state index contributed by atoms with van der Waals surface area (Å²) in [6.45, 7) is 0. The minimum absolute atomic E-state index is 0. The second-order valence-electron chi connectivity index (χ2n) is 4.08. The molecular weight excluding hydrogens is 238 g/mol. The predicted molar refractivity (Wildman–Crippen MR) is 63.7 cm³/mol. The fourth-order valence-corrected chi connectivity index (χ4v) is 1.80. The maximum absolute atomic E-state index is 4.18. The number of rotatable bonds is 0. The Morgan fingerprint density at radius 2 is 1.88 bits per heavy atom. The zero-order valence-electron chi connectivity index (χ0n) is 10.4. The zero-order valence-corrected chi connectivity index (χ0v) is 11.2. The number of para-hydroxylation sites is 1. The van der Waals surface area contributed by atoms with Crippen LogP contribution in [0.2, 0.25) is 0 Å². The predicted octanol–water partition coefficient (Wildman–Crippen LogP) is -2.53. The molecule has 0 saturated heterocycles. The van der Waals surface area contributed by atoms with Crippen LogP contribution in [0.4, 0.5) is 0 Å². The van der Waals surface area contributed by atoms with E-state index in [0.717, 1.165) is 17.0 Å². The van der Waals surface area contributed by atoms with Gasteiger partial charge in [0.25, 0.3) is 0 Å². The zero-order chi connectivity index (χ0) is 11.7. The van der Waals surface area contributed by atoms with Gasteiger partial charge in [0.1, 0.15) is 5.52 Å². The lowest BCUT2D eigenvalue weighted by Crippen LogP contribution is -3.00. The largest absolute Gasteiger partial charge is 1.00 e. The third kappa shape index (κ3) is 2.39. The van der Waals surface area contributed by atoms with Crippen molar-refractivity contribution >= 4 is 17.0 Å². The number of halogens is 1. The molecule has 2 aromatic rings. The minimum atomic E-state index is 0. The van der Waals surface area contributed by atoms with Gasteiger partial charge < -0.3 is 12.4 Å². The van der Waals surface area contributed by atoms with E-state index in [2.05, 4.69) is 10.3 Å². The molecule has 1 heterocycles. The Morgan fingerprint density at radius 1 is 1.24 bits per heavy atom. The van der Waals surface area contributed by atoms with Gasteiger partial charge in [-0.15, -0.1) is 5.10 Å². The summed E-state index contributed by atoms with van der Waals surface area (Å²) in [5.74, 6) is 0.980. The summed E-state index contributed by atoms with van der Waals surface area (Å²) in [7, 11) is 7.97. The monoisotopic (exact) mass is 253 g/mol. The molecule has 0 saturated carbocycles. The first-order valence-corrected chi connectivity index (χ1v) is 5.13. The van der Waals surface area contributed by atoms with E-state index in [1.54, 1.807) is 0 Å². The molecule has 17 heavy (non-hydrogen) atoms. The molecule has 0 N–H and O–H groups in total. The Bertz CT molecular complexity index is 540. The quantitative estimate of drug-likeness (QED) is 0.295. The highest BCUT2D eigenvalue weighted by molar-refractivity contribution is 5.87. The van der Waals surface area contributed by atoms with Crippen LogP contribution in [0.3, 0.4) is 0 Å². The van der Waals surface area contributed by atoms with Gasteiger partial charge in [-0.1, -0.05) is 16.8 Å². The van der Waals surface area contributed by atoms with Gasteiger partial charge in [-0.2, -0.15) is 0 Å². The fourth-order valence-electron chi connectivity index (χ4n) is 1.80. The van der Waals surface area contributed by atoms with Crippen LogP contribution in [-0.4, -0.2) is 58.6 Å². The second-order valence-corrected chi connectivity index (χ2v) is 4.08. The first kappa shape index (κ1) is 13.4. The van der Waals surface area contributed by atoms with Crippen molar-refractivity contribution in [2.24, 2.45) is 0 Å². The highest BCUT2D eigenvalue weighted by Gasteiger charge is 2.20. The van der Waals surface area contributed by atoms with Gasteiger partial charge in [0, 0.05) is 5.21 Å². The molecule has 0 radical (unpaired) electrons. The van der Waals surface area contributed by atoms with Crippen molar-refractivity contribution in [1.29, 1.82) is 0 Å². The SMILES string of the molecule is CN(C)C(n1nnc2ccccc21)=[N+](C)C.[Cl-]. The van der Waals surface area contributed by atoms with Crippen LogP contribution in [-0.2, 0) is 0 Å². The van der Waals surface area contributed by atoms with E-state index in [4.69, 9.17) is 0 Å². The lowest BCUT2D eigenvalue weighted by atomic mass is 10.3. The average Bonchev–Trinajstić information content (AvgIpc) is 2.61. The lowest BCUT2D eigenvalue weighted by Gasteiger charge is -2.10. The summed E-state index contributed by atoms with van der Waals surface area (Å²) in [6, 6.07) is 7.93. The molecule has 5 nitrogen and oxygen atoms in total. The van der Waals surface area contributed by atoms with Crippen LogP contribution >= 0.6 is 0 Å². The molecule has 0 atom stereocenters. The topological polar surface area (TPSA) is 37.0 Å². The molecule has 0 fully saturated rings. The average molecular weight is 254 g/mol. The van der Waals surface area contributed by atoms with Gasteiger partial charge in [0.15, 0.2) is 5.52 Å². The van der Waals surface area contributed by atoms with Crippen molar-refractivity contribution in [2.75, 3.05) is 28.2 Å². The van der Waals surface area contributed by atoms with E-state index in [1.165, 1.54) is 0 Å². The molecular formula is C11H16ClN5. The summed E-state index contributed by atoms with van der Waals surface area (Å²) in [5.41, 5.74) is 1.92. The maximum Gasteiger partial charge on any atom is 0.380 e. The Labute approximate surface area is 107 Å². The molecule has 0 aliphatic carbocycles. The highest BCUT2D eigenvalue weighted by atomic mass is 35.5. The summed E-state index contributed by atoms with van der Waals surface area (Å²) >= 11 is 0. The maximum atomic E-state index is 4.18. The summed E-state index contributed by atoms with van der Waals surface area (Å²) < 4.78 is 3.86. The van der Waals surface area contributed by atoms with E-state index >= 15 is 0 Å². The molecule has 92 valence electrons. The number of aromatic nitrogens is 3. The van der Waals surface area contributed by atoms with Crippen molar-refractivity contribution < 1.29 is 17.0 Å². The van der Waals surface area contributed by atoms with Crippen molar-refractivity contribution in [1.82, 2.24) is 19.9 Å². The van der Waals surface area contributed by atoms with E-state index < -0.39 is 0 Å². The van der Waals surface area contributed by atoms with Crippen molar-refractivity contribution in [2.45, 2.75) is 0 Å². The number of hydrogen-bond acceptors (Lipinski definition) is 2. The molecule has 0 aliphatic rings. The standard InChI is InChI=1S/C11H16N5.ClH/c1-14(2)11(15(3)4)16-10-8-6-5-7-9(10)12-13-16;/h5-8H,1-4H3;1H/q+1;/p-1. The van der Waals surface area contributed by atoms with Gasteiger partial charge in [0.2, 0.25) is 0 Å². The fraction of sp³-hybridized carbons (Fsp3) is 0.364. The Hall–Kier alpha value is -1.62. The molecule has 0 unspecified atom stereocenters. The van der Waals surface area contributed by atoms with Crippen LogP contribution in [0.25, 0.3) is 11.0 Å². The van der Waals surface area contributed by atoms with Crippen LogP contribution < -0.4 is 12.4 Å². The van der Waals surface area contributed by atoms with Crippen molar-refractivity contribution in [3.63, 3.8) is 0 Å². The molecule has 0 amide bonds. The molecule has 1 aromatic heterocycles. The summed E-state index contributed by atoms with van der Waals surface area (Å²) in [6.07, 6.45) is 0. The van der Waals surface area contributed by atoms with E-state index in [-0.39, 0.29) is 12.4 Å². The van der Waals surface area contributed by atoms with E-state index in [0.29, 0.717) is 0 Å². The Kier molecular flexibility index (Phi) is 4.07. The number of nitrogens with zero attached hydrogens (tertiary/aromatic N) is 5. The normalized spacial score (nSPS) is 9.88. The molecule has 2 rings (SSSR count). The van der Waals surface area contributed by atoms with E-state index in [1.807, 2.05) is 66.6 Å². The number of hydrogen-bond donors (Lipinski definition) is 0. The van der Waals surface area contributed by atoms with Crippen LogP contribution in [0, 0.1) is 0 Å². The molecule has 0 bridgehead atoms. The molecule has 0 aliphatic heterocycles. The first-order chi connectivity index (χ1) is 7.61. The Morgan fingerprint density at radius 3 is 2.47 bits per heavy atom. The molecule has 6 heteroatoms. The highest BCUT2D eigenvalue weighted by Crippen LogP contribution is 2.09. The van der Waals surface area contributed by atoms with Crippen LogP contribution in [0.1, 0.15) is 0 Å². The smallest absolute Gasteiger partial charge is 0.380 e. The number of benzene rings is 1. The van der Waals surface area contributed by atoms with Crippen LogP contribution in [0.15, 0.2) is 24.3 Å². The van der Waals surface area contributed by atoms with Crippen LogP contribution in [0.5, 0.6) is 0 Å². The lowest BCUT2D eigenvalue weighted by molar-refractivity contribution is -0.472. The summed E-state index contributed by atoms with van der Waals surface area (Å²) in [4.78, 5) is 2.02. The van der Waals surface area contributed by atoms with Gasteiger partial charge in [0.05, 0.1) is 28.2 Å².